The largest absolute Gasteiger partial charge is 0.381 e. The van der Waals surface area contributed by atoms with Gasteiger partial charge in [-0.15, -0.1) is 0 Å². The van der Waals surface area contributed by atoms with Gasteiger partial charge in [-0.3, -0.25) is 0 Å². The minimum atomic E-state index is 0.527. The first kappa shape index (κ1) is 15.3. The van der Waals surface area contributed by atoms with Crippen molar-refractivity contribution in [3.8, 4) is 0 Å². The molecule has 0 spiro atoms. The molecule has 2 nitrogen and oxygen atoms in total. The number of thioether (sulfide) groups is 1. The number of hydrogen-bond acceptors (Lipinski definition) is 3. The number of unbranched alkanes of at least 4 members (excludes halogenated alkanes) is 3. The molecule has 0 saturated heterocycles. The van der Waals surface area contributed by atoms with E-state index in [0.717, 1.165) is 6.04 Å². The molecule has 0 amide bonds. The van der Waals surface area contributed by atoms with E-state index in [9.17, 15) is 0 Å². The molecule has 1 saturated carbocycles. The lowest BCUT2D eigenvalue weighted by atomic mass is 9.93. The van der Waals surface area contributed by atoms with Crippen LogP contribution in [0.2, 0.25) is 0 Å². The first-order valence-corrected chi connectivity index (χ1v) is 8.51. The maximum absolute atomic E-state index is 5.39. The van der Waals surface area contributed by atoms with Crippen LogP contribution in [-0.4, -0.2) is 37.8 Å². The summed E-state index contributed by atoms with van der Waals surface area (Å²) in [6.07, 6.45) is 13.3. The van der Waals surface area contributed by atoms with Crippen molar-refractivity contribution < 1.29 is 4.74 Å². The van der Waals surface area contributed by atoms with Crippen molar-refractivity contribution in [2.45, 2.75) is 63.5 Å². The zero-order valence-corrected chi connectivity index (χ0v) is 12.4. The van der Waals surface area contributed by atoms with E-state index in [1.807, 2.05) is 18.9 Å². The van der Waals surface area contributed by atoms with Crippen molar-refractivity contribution in [3.05, 3.63) is 0 Å². The summed E-state index contributed by atoms with van der Waals surface area (Å²) in [5.41, 5.74) is 0. The number of ether oxygens (including phenoxy) is 1. The van der Waals surface area contributed by atoms with Crippen LogP contribution in [0.4, 0.5) is 0 Å². The molecule has 3 heteroatoms. The number of nitrogens with one attached hydrogen (secondary N) is 1. The second-order valence-electron chi connectivity index (χ2n) is 5.07. The first-order valence-electron chi connectivity index (χ1n) is 7.12. The van der Waals surface area contributed by atoms with Crippen LogP contribution in [0.5, 0.6) is 0 Å². The molecule has 0 heterocycles. The highest BCUT2D eigenvalue weighted by atomic mass is 32.2. The average Bonchev–Trinajstić information content (AvgIpc) is 2.38. The Kier molecular flexibility index (Phi) is 9.21. The summed E-state index contributed by atoms with van der Waals surface area (Å²) in [6, 6.07) is 0.757. The summed E-state index contributed by atoms with van der Waals surface area (Å²) < 4.78 is 5.39. The molecule has 0 atom stereocenters. The highest BCUT2D eigenvalue weighted by molar-refractivity contribution is 7.98. The number of rotatable bonds is 9. The molecule has 17 heavy (non-hydrogen) atoms. The van der Waals surface area contributed by atoms with Crippen molar-refractivity contribution >= 4 is 11.8 Å². The third-order valence-corrected chi connectivity index (χ3v) is 4.41. The molecule has 1 N–H and O–H groups in total. The zero-order valence-electron chi connectivity index (χ0n) is 11.5. The maximum Gasteiger partial charge on any atom is 0.0572 e. The maximum atomic E-state index is 5.39. The van der Waals surface area contributed by atoms with Gasteiger partial charge >= 0.3 is 0 Å². The zero-order chi connectivity index (χ0) is 12.3. The van der Waals surface area contributed by atoms with Crippen molar-refractivity contribution in [2.75, 3.05) is 25.7 Å². The highest BCUT2D eigenvalue weighted by Crippen LogP contribution is 2.20. The Morgan fingerprint density at radius 3 is 2.41 bits per heavy atom. The number of hydrogen-bond donors (Lipinski definition) is 1. The van der Waals surface area contributed by atoms with Gasteiger partial charge in [-0.2, -0.15) is 11.8 Å². The van der Waals surface area contributed by atoms with E-state index >= 15 is 0 Å². The fourth-order valence-electron chi connectivity index (χ4n) is 2.53. The molecular formula is C14H29NOS. The minimum Gasteiger partial charge on any atom is -0.381 e. The van der Waals surface area contributed by atoms with Crippen molar-refractivity contribution in [1.82, 2.24) is 5.32 Å². The molecule has 0 radical (unpaired) electrons. The second-order valence-corrected chi connectivity index (χ2v) is 6.06. The molecule has 1 rings (SSSR count). The Morgan fingerprint density at radius 2 is 1.76 bits per heavy atom. The lowest BCUT2D eigenvalue weighted by molar-refractivity contribution is 0.0625. The van der Waals surface area contributed by atoms with E-state index in [2.05, 4.69) is 11.6 Å². The van der Waals surface area contributed by atoms with E-state index in [1.54, 1.807) is 0 Å². The molecule has 0 unspecified atom stereocenters. The van der Waals surface area contributed by atoms with E-state index in [1.165, 1.54) is 63.7 Å². The summed E-state index contributed by atoms with van der Waals surface area (Å²) in [5.74, 6) is 1.33. The molecule has 0 bridgehead atoms. The smallest absolute Gasteiger partial charge is 0.0572 e. The van der Waals surface area contributed by atoms with Crippen LogP contribution in [0, 0.1) is 0 Å². The molecule has 0 aromatic carbocycles. The monoisotopic (exact) mass is 259 g/mol. The summed E-state index contributed by atoms with van der Waals surface area (Å²) in [6.45, 7) is 1.21. The molecule has 1 aliphatic rings. The molecule has 0 aromatic heterocycles. The molecule has 0 aliphatic heterocycles. The predicted octanol–water partition coefficient (Wildman–Crippen LogP) is 3.46. The Morgan fingerprint density at radius 1 is 1.06 bits per heavy atom. The van der Waals surface area contributed by atoms with Crippen molar-refractivity contribution in [1.29, 1.82) is 0 Å². The lowest BCUT2D eigenvalue weighted by Crippen LogP contribution is -2.35. The third kappa shape index (κ3) is 7.32. The summed E-state index contributed by atoms with van der Waals surface area (Å²) in [4.78, 5) is 0. The second kappa shape index (κ2) is 10.2. The van der Waals surface area contributed by atoms with Crippen LogP contribution in [0.15, 0.2) is 0 Å². The van der Waals surface area contributed by atoms with E-state index in [4.69, 9.17) is 4.74 Å². The van der Waals surface area contributed by atoms with Crippen LogP contribution >= 0.6 is 11.8 Å². The van der Waals surface area contributed by atoms with Gasteiger partial charge in [-0.05, 0) is 57.1 Å². The lowest BCUT2D eigenvalue weighted by Gasteiger charge is -2.28. The van der Waals surface area contributed by atoms with Crippen LogP contribution in [0.1, 0.15) is 51.4 Å². The van der Waals surface area contributed by atoms with Gasteiger partial charge in [0, 0.05) is 13.2 Å². The minimum absolute atomic E-state index is 0.527. The van der Waals surface area contributed by atoms with Gasteiger partial charge in [0.05, 0.1) is 6.10 Å². The summed E-state index contributed by atoms with van der Waals surface area (Å²) in [7, 11) is 1.84. The molecule has 0 aromatic rings. The SMILES string of the molecule is COC1CCC(NCCCCCCSC)CC1. The van der Waals surface area contributed by atoms with Crippen LogP contribution in [0.3, 0.4) is 0 Å². The number of methoxy groups -OCH3 is 1. The quantitative estimate of drug-likeness (QED) is 0.641. The Hall–Kier alpha value is 0.270. The van der Waals surface area contributed by atoms with Gasteiger partial charge in [0.2, 0.25) is 0 Å². The first-order chi connectivity index (χ1) is 8.36. The van der Waals surface area contributed by atoms with Crippen molar-refractivity contribution in [3.63, 3.8) is 0 Å². The van der Waals surface area contributed by atoms with Crippen molar-refractivity contribution in [2.24, 2.45) is 0 Å². The molecule has 1 aliphatic carbocycles. The Labute approximate surface area is 111 Å². The third-order valence-electron chi connectivity index (χ3n) is 3.72. The normalized spacial score (nSPS) is 25.1. The molecule has 102 valence electrons. The van der Waals surface area contributed by atoms with Gasteiger partial charge < -0.3 is 10.1 Å². The topological polar surface area (TPSA) is 21.3 Å². The van der Waals surface area contributed by atoms with Gasteiger partial charge in [0.1, 0.15) is 0 Å². The van der Waals surface area contributed by atoms with Gasteiger partial charge in [0.15, 0.2) is 0 Å². The predicted molar refractivity (Wildman–Crippen MR) is 77.9 cm³/mol. The summed E-state index contributed by atoms with van der Waals surface area (Å²) in [5, 5.41) is 3.70. The molecular weight excluding hydrogens is 230 g/mol. The van der Waals surface area contributed by atoms with Crippen LogP contribution in [0.25, 0.3) is 0 Å². The van der Waals surface area contributed by atoms with Crippen LogP contribution in [-0.2, 0) is 4.74 Å². The van der Waals surface area contributed by atoms with Gasteiger partial charge in [-0.1, -0.05) is 12.8 Å². The Bertz CT molecular complexity index is 170. The van der Waals surface area contributed by atoms with E-state index in [0.29, 0.717) is 6.10 Å². The standard InChI is InChI=1S/C14H29NOS/c1-16-14-9-7-13(8-10-14)15-11-5-3-4-6-12-17-2/h13-15H,3-12H2,1-2H3. The van der Waals surface area contributed by atoms with E-state index < -0.39 is 0 Å². The fourth-order valence-corrected chi connectivity index (χ4v) is 3.03. The van der Waals surface area contributed by atoms with Gasteiger partial charge in [-0.25, -0.2) is 0 Å². The van der Waals surface area contributed by atoms with E-state index in [-0.39, 0.29) is 0 Å². The molecule has 1 fully saturated rings. The Balaban J connectivity index is 1.87. The van der Waals surface area contributed by atoms with Crippen LogP contribution < -0.4 is 5.32 Å². The summed E-state index contributed by atoms with van der Waals surface area (Å²) >= 11 is 1.96. The fraction of sp³-hybridized carbons (Fsp3) is 1.00. The average molecular weight is 259 g/mol. The van der Waals surface area contributed by atoms with Gasteiger partial charge in [0.25, 0.3) is 0 Å². The highest BCUT2D eigenvalue weighted by Gasteiger charge is 2.19.